The molecule has 12 nitrogen and oxygen atoms in total. The van der Waals surface area contributed by atoms with Crippen molar-refractivity contribution in [3.05, 3.63) is 186 Å². The van der Waals surface area contributed by atoms with Crippen molar-refractivity contribution in [2.75, 3.05) is 0 Å². The summed E-state index contributed by atoms with van der Waals surface area (Å²) < 4.78 is 142. The first kappa shape index (κ1) is 56.8. The molecule has 0 aliphatic carbocycles. The van der Waals surface area contributed by atoms with E-state index in [0.717, 1.165) is 69.3 Å². The summed E-state index contributed by atoms with van der Waals surface area (Å²) >= 11 is 18.0. The number of halogens is 4. The molecule has 0 radical (unpaired) electrons. The highest BCUT2D eigenvalue weighted by atomic mass is 79.9. The fourth-order valence-corrected chi connectivity index (χ4v) is 19.0. The van der Waals surface area contributed by atoms with E-state index in [1.165, 1.54) is 48.5 Å². The third-order valence-electron chi connectivity index (χ3n) is 10.8. The Morgan fingerprint density at radius 3 is 0.566 bits per heavy atom. The molecule has 0 aromatic heterocycles. The summed E-state index contributed by atoms with van der Waals surface area (Å²) in [5, 5.41) is 0. The molecular formula is C52H36Br4O12S8. The van der Waals surface area contributed by atoms with Gasteiger partial charge in [-0.15, -0.1) is 0 Å². The topological polar surface area (TPSA) is 173 Å². The van der Waals surface area contributed by atoms with Gasteiger partial charge in [0.25, 0.3) is 0 Å². The first-order chi connectivity index (χ1) is 35.8. The van der Waals surface area contributed by atoms with Gasteiger partial charge in [0.2, 0.25) is 0 Å². The number of rotatable bonds is 12. The second kappa shape index (κ2) is 22.7. The van der Waals surface area contributed by atoms with Crippen LogP contribution in [-0.4, -0.2) is 33.7 Å². The van der Waals surface area contributed by atoms with Gasteiger partial charge in [0, 0.05) is 17.9 Å². The number of hydrogen-bond acceptors (Lipinski definition) is 16. The highest BCUT2D eigenvalue weighted by molar-refractivity contribution is 9.11. The molecule has 0 N–H and O–H groups in total. The number of aryl methyl sites for hydroxylation is 4. The van der Waals surface area contributed by atoms with Gasteiger partial charge >= 0.3 is 40.5 Å². The van der Waals surface area contributed by atoms with Crippen LogP contribution in [0.25, 0.3) is 0 Å². The SMILES string of the molecule is Cc1ccc(S(=O)(=O)Oc2c3cc(Br)cc2Sc2cc(Br)cc(c2OS(=O)(=O)c2ccc(C)cc2)Sc2cc(Br)cc(c2OS(=O)(=O)c2ccc(C)cc2)Sc2cc(Br)cc(c2OS(=O)(=O)c2ccc(C)cc2)S3)cc1. The van der Waals surface area contributed by atoms with Gasteiger partial charge < -0.3 is 16.7 Å². The molecule has 1 aliphatic heterocycles. The highest BCUT2D eigenvalue weighted by Crippen LogP contribution is 2.57. The molecular weight excluding hydrogens is 1390 g/mol. The van der Waals surface area contributed by atoms with Gasteiger partial charge in [-0.2, -0.15) is 33.7 Å². The molecule has 24 heteroatoms. The highest BCUT2D eigenvalue weighted by Gasteiger charge is 2.32. The predicted molar refractivity (Wildman–Crippen MR) is 309 cm³/mol. The van der Waals surface area contributed by atoms with E-state index >= 15 is 0 Å². The van der Waals surface area contributed by atoms with Gasteiger partial charge in [-0.3, -0.25) is 0 Å². The van der Waals surface area contributed by atoms with Crippen molar-refractivity contribution in [3.63, 3.8) is 0 Å². The van der Waals surface area contributed by atoms with Crippen molar-refractivity contribution in [2.45, 2.75) is 86.4 Å². The Kier molecular flexibility index (Phi) is 16.9. The van der Waals surface area contributed by atoms with E-state index in [1.807, 2.05) is 0 Å². The molecule has 392 valence electrons. The van der Waals surface area contributed by atoms with Crippen LogP contribution < -0.4 is 16.7 Å². The molecule has 0 saturated heterocycles. The fraction of sp³-hybridized carbons (Fsp3) is 0.0769. The van der Waals surface area contributed by atoms with E-state index in [4.69, 9.17) is 16.7 Å². The van der Waals surface area contributed by atoms with Crippen LogP contribution >= 0.6 is 111 Å². The van der Waals surface area contributed by atoms with Crippen LogP contribution in [0.5, 0.6) is 23.0 Å². The average molecular weight is 1430 g/mol. The normalized spacial score (nSPS) is 12.9. The van der Waals surface area contributed by atoms with Gasteiger partial charge in [-0.05, 0) is 125 Å². The third-order valence-corrected chi connectivity index (χ3v) is 21.8. The zero-order valence-electron chi connectivity index (χ0n) is 39.5. The average Bonchev–Trinajstić information content (AvgIpc) is 3.33. The summed E-state index contributed by atoms with van der Waals surface area (Å²) in [6, 6.07) is 36.8. The van der Waals surface area contributed by atoms with E-state index in [2.05, 4.69) is 63.7 Å². The largest absolute Gasteiger partial charge is 0.377 e. The maximum absolute atomic E-state index is 14.4. The molecule has 8 aromatic carbocycles. The Bertz CT molecular complexity index is 3450. The van der Waals surface area contributed by atoms with E-state index in [9.17, 15) is 33.7 Å². The second-order valence-corrected chi connectivity index (χ2v) is 30.9. The number of fused-ring (bicyclic) bond motifs is 8. The molecule has 1 aliphatic rings. The quantitative estimate of drug-likeness (QED) is 0.106. The Labute approximate surface area is 491 Å². The van der Waals surface area contributed by atoms with Crippen LogP contribution in [-0.2, 0) is 40.5 Å². The lowest BCUT2D eigenvalue weighted by Gasteiger charge is -2.22. The second-order valence-electron chi connectivity index (χ2n) is 16.7. The smallest absolute Gasteiger partial charge is 0.339 e. The summed E-state index contributed by atoms with van der Waals surface area (Å²) in [6.45, 7) is 7.21. The first-order valence-electron chi connectivity index (χ1n) is 21.9. The lowest BCUT2D eigenvalue weighted by atomic mass is 10.2. The standard InChI is InChI=1S/C52H36Br4O12S8/c1-29-5-13-37(14-6-29)73(57,58)65-49-41-21-33(53)22-42(49)70-44-24-35(55)26-46(51(44)67-75(61,62)39-17-9-31(3)10-18-39)72-48-28-36(56)27-47(52(48)68-76(63,64)40-19-11-32(4)12-20-40)71-45-25-34(54)23-43(69-41)50(45)66-74(59,60)38-15-7-30(2)8-16-38/h5-28H,1-4H3. The summed E-state index contributed by atoms with van der Waals surface area (Å²) in [7, 11) is -18.5. The molecule has 0 amide bonds. The third kappa shape index (κ3) is 13.1. The Morgan fingerprint density at radius 2 is 0.421 bits per heavy atom. The van der Waals surface area contributed by atoms with Gasteiger partial charge in [0.05, 0.1) is 39.2 Å². The molecule has 8 bridgehead atoms. The van der Waals surface area contributed by atoms with E-state index < -0.39 is 40.5 Å². The molecule has 0 saturated carbocycles. The van der Waals surface area contributed by atoms with Crippen LogP contribution in [0.4, 0.5) is 0 Å². The van der Waals surface area contributed by atoms with Gasteiger partial charge in [0.1, 0.15) is 19.6 Å². The van der Waals surface area contributed by atoms with Crippen molar-refractivity contribution in [2.24, 2.45) is 0 Å². The van der Waals surface area contributed by atoms with E-state index in [1.54, 1.807) is 125 Å². The maximum Gasteiger partial charge on any atom is 0.339 e. The maximum atomic E-state index is 14.4. The lowest BCUT2D eigenvalue weighted by Crippen LogP contribution is -2.13. The molecule has 8 aromatic rings. The van der Waals surface area contributed by atoms with Crippen LogP contribution in [0.1, 0.15) is 22.3 Å². The molecule has 0 atom stereocenters. The van der Waals surface area contributed by atoms with Crippen molar-refractivity contribution in [1.82, 2.24) is 0 Å². The Morgan fingerprint density at radius 1 is 0.276 bits per heavy atom. The van der Waals surface area contributed by atoms with Crippen LogP contribution in [0.2, 0.25) is 0 Å². The van der Waals surface area contributed by atoms with E-state index in [-0.39, 0.29) is 81.7 Å². The molecule has 0 spiro atoms. The van der Waals surface area contributed by atoms with Crippen molar-refractivity contribution in [3.8, 4) is 23.0 Å². The van der Waals surface area contributed by atoms with Crippen LogP contribution in [0.15, 0.2) is 222 Å². The summed E-state index contributed by atoms with van der Waals surface area (Å²) in [5.41, 5.74) is 3.17. The zero-order valence-corrected chi connectivity index (χ0v) is 52.4. The van der Waals surface area contributed by atoms with Crippen LogP contribution in [0.3, 0.4) is 0 Å². The molecule has 0 unspecified atom stereocenters. The minimum atomic E-state index is -4.64. The Balaban J connectivity index is 1.35. The van der Waals surface area contributed by atoms with Crippen molar-refractivity contribution < 1.29 is 50.4 Å². The molecule has 9 rings (SSSR count). The van der Waals surface area contributed by atoms with Gasteiger partial charge in [0.15, 0.2) is 23.0 Å². The van der Waals surface area contributed by atoms with Gasteiger partial charge in [-0.1, -0.05) is 182 Å². The minimum absolute atomic E-state index is 0.128. The zero-order chi connectivity index (χ0) is 54.5. The van der Waals surface area contributed by atoms with Crippen molar-refractivity contribution in [1.29, 1.82) is 0 Å². The number of benzene rings is 8. The summed E-state index contributed by atoms with van der Waals surface area (Å²) in [6.07, 6.45) is 0. The summed E-state index contributed by atoms with van der Waals surface area (Å²) in [4.78, 5) is 0.336. The molecule has 1 heterocycles. The lowest BCUT2D eigenvalue weighted by molar-refractivity contribution is 0.472. The minimum Gasteiger partial charge on any atom is -0.377 e. The van der Waals surface area contributed by atoms with E-state index in [0.29, 0.717) is 17.9 Å². The van der Waals surface area contributed by atoms with Crippen molar-refractivity contribution >= 4 is 151 Å². The van der Waals surface area contributed by atoms with Gasteiger partial charge in [-0.25, -0.2) is 0 Å². The molecule has 76 heavy (non-hydrogen) atoms. The molecule has 0 fully saturated rings. The van der Waals surface area contributed by atoms with Crippen LogP contribution in [0, 0.1) is 27.7 Å². The Hall–Kier alpha value is -3.92. The fourth-order valence-electron chi connectivity index (χ4n) is 7.04. The summed E-state index contributed by atoms with van der Waals surface area (Å²) in [5.74, 6) is -0.889. The number of hydrogen-bond donors (Lipinski definition) is 0. The monoisotopic (exact) mass is 1420 g/mol. The predicted octanol–water partition coefficient (Wildman–Crippen LogP) is 16.0. The first-order valence-corrected chi connectivity index (χ1v) is 34.0.